The molecule has 84 valence electrons. The first kappa shape index (κ1) is 11.1. The van der Waals surface area contributed by atoms with Crippen LogP contribution in [0.15, 0.2) is 17.5 Å². The number of aliphatic hydroxyl groups excluding tert-OH is 1. The average molecular weight is 225 g/mol. The Bertz CT molecular complexity index is 267. The summed E-state index contributed by atoms with van der Waals surface area (Å²) in [6, 6.07) is 4.15. The van der Waals surface area contributed by atoms with Gasteiger partial charge in [-0.05, 0) is 37.4 Å². The third-order valence-corrected chi connectivity index (χ3v) is 3.83. The summed E-state index contributed by atoms with van der Waals surface area (Å²) in [5, 5.41) is 12.0. The molecule has 15 heavy (non-hydrogen) atoms. The molecular weight excluding hydrogens is 206 g/mol. The summed E-state index contributed by atoms with van der Waals surface area (Å²) in [6.07, 6.45) is 4.57. The number of likely N-dealkylation sites (tertiary alicyclic amines) is 1. The van der Waals surface area contributed by atoms with Crippen LogP contribution in [0.5, 0.6) is 0 Å². The zero-order valence-electron chi connectivity index (χ0n) is 9.06. The predicted octanol–water partition coefficient (Wildman–Crippen LogP) is 2.14. The molecule has 0 saturated carbocycles. The molecule has 3 heteroatoms. The van der Waals surface area contributed by atoms with E-state index >= 15 is 0 Å². The average Bonchev–Trinajstić information content (AvgIpc) is 2.71. The van der Waals surface area contributed by atoms with E-state index < -0.39 is 0 Å². The fourth-order valence-electron chi connectivity index (χ4n) is 2.17. The second-order valence-corrected chi connectivity index (χ2v) is 5.33. The van der Waals surface area contributed by atoms with Crippen molar-refractivity contribution >= 4 is 11.3 Å². The van der Waals surface area contributed by atoms with Gasteiger partial charge in [0.15, 0.2) is 0 Å². The first-order valence-electron chi connectivity index (χ1n) is 5.77. The molecule has 0 radical (unpaired) electrons. The summed E-state index contributed by atoms with van der Waals surface area (Å²) in [5.74, 6) is 0. The van der Waals surface area contributed by atoms with Crippen molar-refractivity contribution in [3.63, 3.8) is 0 Å². The maximum atomic E-state index is 9.94. The molecule has 1 unspecified atom stereocenters. The zero-order chi connectivity index (χ0) is 10.5. The van der Waals surface area contributed by atoms with Crippen molar-refractivity contribution in [2.24, 2.45) is 0 Å². The fraction of sp³-hybridized carbons (Fsp3) is 0.667. The number of thiophene rings is 1. The van der Waals surface area contributed by atoms with Gasteiger partial charge in [-0.15, -0.1) is 11.3 Å². The summed E-state index contributed by atoms with van der Waals surface area (Å²) < 4.78 is 0. The predicted molar refractivity (Wildman–Crippen MR) is 64.3 cm³/mol. The molecule has 2 nitrogen and oxygen atoms in total. The summed E-state index contributed by atoms with van der Waals surface area (Å²) in [5.41, 5.74) is 0. The first-order valence-corrected chi connectivity index (χ1v) is 6.65. The monoisotopic (exact) mass is 225 g/mol. The van der Waals surface area contributed by atoms with Gasteiger partial charge in [0, 0.05) is 17.8 Å². The number of nitrogens with zero attached hydrogens (tertiary/aromatic N) is 1. The van der Waals surface area contributed by atoms with Crippen molar-refractivity contribution in [3.05, 3.63) is 22.4 Å². The molecule has 1 aromatic rings. The smallest absolute Gasteiger partial charge is 0.0715 e. The van der Waals surface area contributed by atoms with Crippen LogP contribution >= 0.6 is 11.3 Å². The van der Waals surface area contributed by atoms with Crippen molar-refractivity contribution in [1.82, 2.24) is 4.90 Å². The quantitative estimate of drug-likeness (QED) is 0.848. The van der Waals surface area contributed by atoms with Crippen LogP contribution in [0.25, 0.3) is 0 Å². The highest BCUT2D eigenvalue weighted by Crippen LogP contribution is 2.13. The van der Waals surface area contributed by atoms with Gasteiger partial charge in [0.2, 0.25) is 0 Å². The molecule has 1 N–H and O–H groups in total. The van der Waals surface area contributed by atoms with E-state index in [-0.39, 0.29) is 6.10 Å². The standard InChI is InChI=1S/C12H19NOS/c14-11(9-12-5-4-8-15-12)10-13-6-2-1-3-7-13/h4-5,8,11,14H,1-3,6-7,9-10H2. The minimum absolute atomic E-state index is 0.193. The van der Waals surface area contributed by atoms with Crippen molar-refractivity contribution in [3.8, 4) is 0 Å². The number of hydrogen-bond acceptors (Lipinski definition) is 3. The summed E-state index contributed by atoms with van der Waals surface area (Å²) in [4.78, 5) is 3.68. The van der Waals surface area contributed by atoms with Gasteiger partial charge >= 0.3 is 0 Å². The van der Waals surface area contributed by atoms with E-state index in [1.165, 1.54) is 37.2 Å². The summed E-state index contributed by atoms with van der Waals surface area (Å²) >= 11 is 1.73. The molecule has 2 heterocycles. The lowest BCUT2D eigenvalue weighted by Crippen LogP contribution is -2.37. The number of aliphatic hydroxyl groups is 1. The Morgan fingerprint density at radius 2 is 2.13 bits per heavy atom. The van der Waals surface area contributed by atoms with E-state index in [2.05, 4.69) is 16.3 Å². The Labute approximate surface area is 95.5 Å². The fourth-order valence-corrected chi connectivity index (χ4v) is 2.94. The van der Waals surface area contributed by atoms with E-state index in [0.29, 0.717) is 0 Å². The van der Waals surface area contributed by atoms with Crippen molar-refractivity contribution in [2.45, 2.75) is 31.8 Å². The first-order chi connectivity index (χ1) is 7.34. The maximum Gasteiger partial charge on any atom is 0.0715 e. The van der Waals surface area contributed by atoms with E-state index in [1.807, 2.05) is 6.07 Å². The molecule has 1 aromatic heterocycles. The van der Waals surface area contributed by atoms with Crippen molar-refractivity contribution in [1.29, 1.82) is 0 Å². The second kappa shape index (κ2) is 5.64. The van der Waals surface area contributed by atoms with Crippen LogP contribution in [-0.4, -0.2) is 35.7 Å². The summed E-state index contributed by atoms with van der Waals surface area (Å²) in [7, 11) is 0. The van der Waals surface area contributed by atoms with Crippen LogP contribution in [0, 0.1) is 0 Å². The topological polar surface area (TPSA) is 23.5 Å². The highest BCUT2D eigenvalue weighted by molar-refractivity contribution is 7.09. The van der Waals surface area contributed by atoms with Gasteiger partial charge in [0.1, 0.15) is 0 Å². The van der Waals surface area contributed by atoms with E-state index in [1.54, 1.807) is 11.3 Å². The molecule has 0 amide bonds. The van der Waals surface area contributed by atoms with Gasteiger partial charge in [-0.1, -0.05) is 12.5 Å². The molecule has 2 rings (SSSR count). The van der Waals surface area contributed by atoms with E-state index in [4.69, 9.17) is 0 Å². The Morgan fingerprint density at radius 1 is 1.33 bits per heavy atom. The molecule has 1 aliphatic rings. The van der Waals surface area contributed by atoms with Crippen LogP contribution in [0.4, 0.5) is 0 Å². The normalized spacial score (nSPS) is 20.3. The van der Waals surface area contributed by atoms with Gasteiger partial charge in [-0.2, -0.15) is 0 Å². The van der Waals surface area contributed by atoms with Gasteiger partial charge in [0.25, 0.3) is 0 Å². The third-order valence-electron chi connectivity index (χ3n) is 2.93. The Kier molecular flexibility index (Phi) is 4.18. The Morgan fingerprint density at radius 3 is 2.80 bits per heavy atom. The molecule has 0 aliphatic carbocycles. The number of β-amino-alcohol motifs (C(OH)–C–C–N with tert-alkyl or cyclic N) is 1. The largest absolute Gasteiger partial charge is 0.391 e. The highest BCUT2D eigenvalue weighted by atomic mass is 32.1. The second-order valence-electron chi connectivity index (χ2n) is 4.30. The number of hydrogen-bond donors (Lipinski definition) is 1. The van der Waals surface area contributed by atoms with Gasteiger partial charge in [-0.3, -0.25) is 0 Å². The van der Waals surface area contributed by atoms with E-state index in [0.717, 1.165) is 13.0 Å². The molecule has 0 aromatic carbocycles. The summed E-state index contributed by atoms with van der Waals surface area (Å²) in [6.45, 7) is 3.18. The van der Waals surface area contributed by atoms with Crippen LogP contribution in [0.1, 0.15) is 24.1 Å². The van der Waals surface area contributed by atoms with Crippen LogP contribution in [0.3, 0.4) is 0 Å². The molecule has 0 spiro atoms. The van der Waals surface area contributed by atoms with Crippen LogP contribution in [0.2, 0.25) is 0 Å². The molecule has 1 fully saturated rings. The Balaban J connectivity index is 1.74. The van der Waals surface area contributed by atoms with Crippen LogP contribution < -0.4 is 0 Å². The van der Waals surface area contributed by atoms with Crippen LogP contribution in [-0.2, 0) is 6.42 Å². The SMILES string of the molecule is OC(Cc1cccs1)CN1CCCCC1. The van der Waals surface area contributed by atoms with Gasteiger partial charge in [0.05, 0.1) is 6.10 Å². The van der Waals surface area contributed by atoms with Crippen molar-refractivity contribution < 1.29 is 5.11 Å². The lowest BCUT2D eigenvalue weighted by Gasteiger charge is -2.28. The zero-order valence-corrected chi connectivity index (χ0v) is 9.88. The number of piperidine rings is 1. The minimum Gasteiger partial charge on any atom is -0.391 e. The maximum absolute atomic E-state index is 9.94. The van der Waals surface area contributed by atoms with Gasteiger partial charge < -0.3 is 10.0 Å². The van der Waals surface area contributed by atoms with E-state index in [9.17, 15) is 5.11 Å². The lowest BCUT2D eigenvalue weighted by molar-refractivity contribution is 0.102. The highest BCUT2D eigenvalue weighted by Gasteiger charge is 2.14. The molecule has 1 aliphatic heterocycles. The van der Waals surface area contributed by atoms with Gasteiger partial charge in [-0.25, -0.2) is 0 Å². The molecule has 1 atom stereocenters. The molecule has 0 bridgehead atoms. The van der Waals surface area contributed by atoms with Crippen molar-refractivity contribution in [2.75, 3.05) is 19.6 Å². The molecular formula is C12H19NOS. The molecule has 1 saturated heterocycles. The lowest BCUT2D eigenvalue weighted by atomic mass is 10.1. The number of rotatable bonds is 4. The Hall–Kier alpha value is -0.380. The third kappa shape index (κ3) is 3.59. The minimum atomic E-state index is -0.193.